The third-order valence-electron chi connectivity index (χ3n) is 5.42. The lowest BCUT2D eigenvalue weighted by Crippen LogP contribution is -2.45. The summed E-state index contributed by atoms with van der Waals surface area (Å²) in [5.74, 6) is 0.210. The van der Waals surface area contributed by atoms with Gasteiger partial charge in [0, 0.05) is 24.1 Å². The predicted molar refractivity (Wildman–Crippen MR) is 101 cm³/mol. The fourth-order valence-electron chi connectivity index (χ4n) is 3.85. The largest absolute Gasteiger partial charge is 0.388 e. The van der Waals surface area contributed by atoms with Gasteiger partial charge in [0.15, 0.2) is 5.78 Å². The molecule has 0 radical (unpaired) electrons. The quantitative estimate of drug-likeness (QED) is 0.802. The van der Waals surface area contributed by atoms with Crippen molar-refractivity contribution in [3.8, 4) is 0 Å². The molecule has 1 aliphatic rings. The molecule has 0 spiro atoms. The van der Waals surface area contributed by atoms with Crippen LogP contribution in [0, 0.1) is 0 Å². The van der Waals surface area contributed by atoms with E-state index in [1.165, 1.54) is 0 Å². The van der Waals surface area contributed by atoms with Gasteiger partial charge in [-0.3, -0.25) is 9.69 Å². The molecule has 132 valence electrons. The lowest BCUT2D eigenvalue weighted by molar-refractivity contribution is 0.0549. The van der Waals surface area contributed by atoms with Crippen LogP contribution in [0.1, 0.15) is 54.1 Å². The van der Waals surface area contributed by atoms with Gasteiger partial charge in [0.1, 0.15) is 0 Å². The first-order chi connectivity index (χ1) is 12.1. The van der Waals surface area contributed by atoms with Gasteiger partial charge in [-0.15, -0.1) is 0 Å². The summed E-state index contributed by atoms with van der Waals surface area (Å²) in [4.78, 5) is 14.8. The molecule has 25 heavy (non-hydrogen) atoms. The molecule has 1 unspecified atom stereocenters. The van der Waals surface area contributed by atoms with Crippen LogP contribution in [0.15, 0.2) is 60.7 Å². The smallest absolute Gasteiger partial charge is 0.164 e. The number of benzene rings is 2. The fraction of sp³-hybridized carbons (Fsp3) is 0.409. The van der Waals surface area contributed by atoms with E-state index >= 15 is 0 Å². The van der Waals surface area contributed by atoms with Crippen molar-refractivity contribution < 1.29 is 9.90 Å². The molecule has 0 amide bonds. The van der Waals surface area contributed by atoms with E-state index in [1.54, 1.807) is 0 Å². The summed E-state index contributed by atoms with van der Waals surface area (Å²) in [6.07, 6.45) is 4.07. The summed E-state index contributed by atoms with van der Waals surface area (Å²) < 4.78 is 0. The number of aliphatic hydroxyl groups is 1. The normalized spacial score (nSPS) is 22.5. The maximum atomic E-state index is 12.5. The molecule has 0 bridgehead atoms. The topological polar surface area (TPSA) is 40.5 Å². The van der Waals surface area contributed by atoms with Gasteiger partial charge in [-0.2, -0.15) is 0 Å². The second kappa shape index (κ2) is 8.41. The van der Waals surface area contributed by atoms with Crippen molar-refractivity contribution in [2.45, 2.75) is 50.3 Å². The van der Waals surface area contributed by atoms with Crippen molar-refractivity contribution in [2.75, 3.05) is 7.05 Å². The number of likely N-dealkylation sites (tertiary alicyclic amines) is 1. The van der Waals surface area contributed by atoms with Gasteiger partial charge in [-0.1, -0.05) is 67.1 Å². The Labute approximate surface area is 150 Å². The summed E-state index contributed by atoms with van der Waals surface area (Å²) in [6.45, 7) is 0. The minimum absolute atomic E-state index is 0.210. The van der Waals surface area contributed by atoms with E-state index in [1.807, 2.05) is 60.7 Å². The molecule has 1 N–H and O–H groups in total. The molecule has 2 aromatic rings. The van der Waals surface area contributed by atoms with Crippen molar-refractivity contribution >= 4 is 5.78 Å². The second-order valence-electron chi connectivity index (χ2n) is 7.06. The predicted octanol–water partition coefficient (Wildman–Crippen LogP) is 4.24. The van der Waals surface area contributed by atoms with Crippen molar-refractivity contribution in [1.82, 2.24) is 4.90 Å². The summed E-state index contributed by atoms with van der Waals surface area (Å²) in [6, 6.07) is 20.0. The van der Waals surface area contributed by atoms with E-state index in [-0.39, 0.29) is 11.8 Å². The molecule has 0 saturated carbocycles. The van der Waals surface area contributed by atoms with E-state index < -0.39 is 6.10 Å². The number of carbonyl (C=O) groups is 1. The van der Waals surface area contributed by atoms with Crippen LogP contribution in [0.2, 0.25) is 0 Å². The van der Waals surface area contributed by atoms with Gasteiger partial charge >= 0.3 is 0 Å². The van der Waals surface area contributed by atoms with Gasteiger partial charge in [0.25, 0.3) is 0 Å². The lowest BCUT2D eigenvalue weighted by atomic mass is 9.88. The highest BCUT2D eigenvalue weighted by Crippen LogP contribution is 2.30. The van der Waals surface area contributed by atoms with E-state index in [2.05, 4.69) is 11.9 Å². The molecule has 1 fully saturated rings. The third-order valence-corrected chi connectivity index (χ3v) is 5.42. The van der Waals surface area contributed by atoms with Crippen LogP contribution < -0.4 is 0 Å². The Bertz CT molecular complexity index is 671. The molecule has 0 aromatic heterocycles. The Balaban J connectivity index is 1.61. The zero-order chi connectivity index (χ0) is 17.6. The number of piperidine rings is 1. The van der Waals surface area contributed by atoms with Crippen molar-refractivity contribution in [3.63, 3.8) is 0 Å². The molecule has 3 nitrogen and oxygen atoms in total. The Morgan fingerprint density at radius 1 is 1.04 bits per heavy atom. The van der Waals surface area contributed by atoms with Gasteiger partial charge < -0.3 is 5.11 Å². The van der Waals surface area contributed by atoms with E-state index in [0.29, 0.717) is 12.5 Å². The van der Waals surface area contributed by atoms with E-state index in [4.69, 9.17) is 0 Å². The number of Topliss-reactive ketones (excluding diaryl/α,β-unsaturated/α-hetero) is 1. The number of hydrogen-bond donors (Lipinski definition) is 1. The molecular formula is C22H27NO2. The first kappa shape index (κ1) is 17.8. The summed E-state index contributed by atoms with van der Waals surface area (Å²) in [5.41, 5.74) is 1.76. The Morgan fingerprint density at radius 3 is 2.32 bits per heavy atom. The zero-order valence-electron chi connectivity index (χ0n) is 14.8. The van der Waals surface area contributed by atoms with Crippen molar-refractivity contribution in [1.29, 1.82) is 0 Å². The monoisotopic (exact) mass is 337 g/mol. The molecule has 1 aliphatic heterocycles. The maximum absolute atomic E-state index is 12.5. The Morgan fingerprint density at radius 2 is 1.64 bits per heavy atom. The average Bonchev–Trinajstić information content (AvgIpc) is 2.66. The molecule has 3 heteroatoms. The first-order valence-corrected chi connectivity index (χ1v) is 9.18. The van der Waals surface area contributed by atoms with Crippen LogP contribution >= 0.6 is 0 Å². The molecule has 1 saturated heterocycles. The van der Waals surface area contributed by atoms with Crippen LogP contribution in [0.5, 0.6) is 0 Å². The van der Waals surface area contributed by atoms with E-state index in [0.717, 1.165) is 36.8 Å². The van der Waals surface area contributed by atoms with Gasteiger partial charge in [0.2, 0.25) is 0 Å². The Kier molecular flexibility index (Phi) is 6.00. The number of nitrogens with zero attached hydrogens (tertiary/aromatic N) is 1. The summed E-state index contributed by atoms with van der Waals surface area (Å²) >= 11 is 0. The lowest BCUT2D eigenvalue weighted by Gasteiger charge is -2.40. The highest BCUT2D eigenvalue weighted by molar-refractivity contribution is 5.96. The third kappa shape index (κ3) is 4.56. The average molecular weight is 337 g/mol. The zero-order valence-corrected chi connectivity index (χ0v) is 14.8. The van der Waals surface area contributed by atoms with Crippen LogP contribution in [0.4, 0.5) is 0 Å². The van der Waals surface area contributed by atoms with Gasteiger partial charge in [-0.25, -0.2) is 0 Å². The summed E-state index contributed by atoms with van der Waals surface area (Å²) in [5, 5.41) is 10.5. The minimum atomic E-state index is -0.447. The van der Waals surface area contributed by atoms with Crippen LogP contribution in [-0.2, 0) is 0 Å². The SMILES string of the molecule is CN1C(C[C@@H](O)c2ccccc2)CCC[C@H]1CC(=O)c1ccccc1. The standard InChI is InChI=1S/C22H27NO2/c1-23-19(15-21(24)17-9-4-2-5-10-17)13-8-14-20(23)16-22(25)18-11-6-3-7-12-18/h2-7,9-12,19-21,24H,8,13-16H2,1H3/t19?,20-,21+/m0/s1. The highest BCUT2D eigenvalue weighted by Gasteiger charge is 2.30. The fourth-order valence-corrected chi connectivity index (χ4v) is 3.85. The number of carbonyl (C=O) groups excluding carboxylic acids is 1. The molecular weight excluding hydrogens is 310 g/mol. The van der Waals surface area contributed by atoms with E-state index in [9.17, 15) is 9.90 Å². The van der Waals surface area contributed by atoms with Crippen LogP contribution in [0.25, 0.3) is 0 Å². The molecule has 2 aromatic carbocycles. The van der Waals surface area contributed by atoms with Gasteiger partial charge in [-0.05, 0) is 31.9 Å². The summed E-state index contributed by atoms with van der Waals surface area (Å²) in [7, 11) is 2.10. The van der Waals surface area contributed by atoms with Gasteiger partial charge in [0.05, 0.1) is 6.10 Å². The first-order valence-electron chi connectivity index (χ1n) is 9.18. The van der Waals surface area contributed by atoms with Crippen LogP contribution in [-0.4, -0.2) is 34.9 Å². The highest BCUT2D eigenvalue weighted by atomic mass is 16.3. The Hall–Kier alpha value is -1.97. The second-order valence-corrected chi connectivity index (χ2v) is 7.06. The molecule has 1 heterocycles. The molecule has 3 atom stereocenters. The number of rotatable bonds is 6. The number of aliphatic hydroxyl groups excluding tert-OH is 1. The minimum Gasteiger partial charge on any atom is -0.388 e. The molecule has 0 aliphatic carbocycles. The number of hydrogen-bond acceptors (Lipinski definition) is 3. The van der Waals surface area contributed by atoms with Crippen molar-refractivity contribution in [2.24, 2.45) is 0 Å². The molecule has 3 rings (SSSR count). The van der Waals surface area contributed by atoms with Crippen molar-refractivity contribution in [3.05, 3.63) is 71.8 Å². The maximum Gasteiger partial charge on any atom is 0.164 e. The van der Waals surface area contributed by atoms with Crippen LogP contribution in [0.3, 0.4) is 0 Å². The number of ketones is 1.